The van der Waals surface area contributed by atoms with E-state index in [1.54, 1.807) is 24.1 Å². The van der Waals surface area contributed by atoms with Crippen molar-refractivity contribution in [2.24, 2.45) is 11.8 Å². The number of fused-ring (bicyclic) bond motifs is 1. The van der Waals surface area contributed by atoms with E-state index in [0.717, 1.165) is 18.5 Å². The lowest BCUT2D eigenvalue weighted by atomic mass is 9.81. The van der Waals surface area contributed by atoms with Crippen molar-refractivity contribution in [1.29, 1.82) is 0 Å². The van der Waals surface area contributed by atoms with E-state index in [-0.39, 0.29) is 18.6 Å². The van der Waals surface area contributed by atoms with Crippen LogP contribution >= 0.6 is 0 Å². The second kappa shape index (κ2) is 5.87. The number of rotatable bonds is 3. The lowest BCUT2D eigenvalue weighted by Crippen LogP contribution is -2.36. The van der Waals surface area contributed by atoms with Gasteiger partial charge in [0.05, 0.1) is 5.92 Å². The monoisotopic (exact) mass is 305 g/mol. The molecule has 1 heterocycles. The Bertz CT molecular complexity index is 600. The molecule has 1 aromatic carbocycles. The molecule has 1 saturated carbocycles. The molecule has 3 rings (SSSR count). The van der Waals surface area contributed by atoms with E-state index in [2.05, 4.69) is 0 Å². The summed E-state index contributed by atoms with van der Waals surface area (Å²) in [6.45, 7) is 0.194. The van der Waals surface area contributed by atoms with Crippen molar-refractivity contribution < 1.29 is 24.2 Å². The second-order valence-electron chi connectivity index (χ2n) is 5.83. The predicted molar refractivity (Wildman–Crippen MR) is 79.1 cm³/mol. The average Bonchev–Trinajstić information content (AvgIpc) is 3.01. The van der Waals surface area contributed by atoms with Gasteiger partial charge in [0.15, 0.2) is 11.5 Å². The quantitative estimate of drug-likeness (QED) is 0.927. The zero-order valence-corrected chi connectivity index (χ0v) is 12.4. The highest BCUT2D eigenvalue weighted by molar-refractivity contribution is 5.95. The van der Waals surface area contributed by atoms with Gasteiger partial charge in [-0.05, 0) is 31.4 Å². The van der Waals surface area contributed by atoms with Crippen LogP contribution in [0.15, 0.2) is 18.2 Å². The summed E-state index contributed by atoms with van der Waals surface area (Å²) in [7, 11) is 1.71. The van der Waals surface area contributed by atoms with Gasteiger partial charge in [0.25, 0.3) is 0 Å². The van der Waals surface area contributed by atoms with Crippen LogP contribution in [0, 0.1) is 11.8 Å². The van der Waals surface area contributed by atoms with Gasteiger partial charge in [-0.25, -0.2) is 0 Å². The molecule has 1 fully saturated rings. The molecule has 1 aliphatic heterocycles. The molecule has 0 bridgehead atoms. The van der Waals surface area contributed by atoms with Gasteiger partial charge in [-0.15, -0.1) is 0 Å². The molecular formula is C16H19NO5. The summed E-state index contributed by atoms with van der Waals surface area (Å²) in [5, 5.41) is 9.14. The summed E-state index contributed by atoms with van der Waals surface area (Å²) in [6, 6.07) is 5.36. The van der Waals surface area contributed by atoms with E-state index >= 15 is 0 Å². The maximum Gasteiger partial charge on any atom is 0.306 e. The summed E-state index contributed by atoms with van der Waals surface area (Å²) >= 11 is 0. The first-order chi connectivity index (χ1) is 10.6. The molecule has 0 radical (unpaired) electrons. The third kappa shape index (κ3) is 2.73. The van der Waals surface area contributed by atoms with Gasteiger partial charge in [0, 0.05) is 24.7 Å². The second-order valence-corrected chi connectivity index (χ2v) is 5.83. The number of carboxylic acid groups (broad SMARTS) is 1. The highest BCUT2D eigenvalue weighted by atomic mass is 16.7. The van der Waals surface area contributed by atoms with E-state index in [4.69, 9.17) is 14.6 Å². The fourth-order valence-electron chi connectivity index (χ4n) is 3.13. The molecule has 2 aliphatic rings. The molecule has 1 N–H and O–H groups in total. The molecule has 22 heavy (non-hydrogen) atoms. The number of carbonyl (C=O) groups is 2. The number of nitrogens with zero attached hydrogens (tertiary/aromatic N) is 1. The Morgan fingerprint density at radius 2 is 1.91 bits per heavy atom. The minimum atomic E-state index is -0.803. The lowest BCUT2D eigenvalue weighted by molar-refractivity contribution is -0.143. The molecule has 2 unspecified atom stereocenters. The third-order valence-corrected chi connectivity index (χ3v) is 4.45. The number of carboxylic acids is 1. The van der Waals surface area contributed by atoms with Crippen molar-refractivity contribution in [3.63, 3.8) is 0 Å². The molecule has 2 atom stereocenters. The Hall–Kier alpha value is -2.24. The van der Waals surface area contributed by atoms with Gasteiger partial charge in [0.2, 0.25) is 12.7 Å². The van der Waals surface area contributed by atoms with Crippen LogP contribution in [0.5, 0.6) is 11.5 Å². The first-order valence-electron chi connectivity index (χ1n) is 7.46. The molecule has 0 aromatic heterocycles. The van der Waals surface area contributed by atoms with Gasteiger partial charge < -0.3 is 19.5 Å². The van der Waals surface area contributed by atoms with Crippen molar-refractivity contribution in [1.82, 2.24) is 0 Å². The Labute approximate surface area is 128 Å². The van der Waals surface area contributed by atoms with E-state index in [9.17, 15) is 9.59 Å². The number of amides is 1. The highest BCUT2D eigenvalue weighted by Crippen LogP contribution is 2.36. The van der Waals surface area contributed by atoms with Gasteiger partial charge in [-0.1, -0.05) is 6.42 Å². The first kappa shape index (κ1) is 14.7. The average molecular weight is 305 g/mol. The standard InChI is InChI=1S/C16H19NO5/c1-17(12-5-6-13-14(8-12)22-9-21-13)15(18)10-3-2-4-11(7-10)16(19)20/h5-6,8,10-11H,2-4,7,9H2,1H3,(H,19,20). The largest absolute Gasteiger partial charge is 0.481 e. The van der Waals surface area contributed by atoms with Crippen molar-refractivity contribution in [2.75, 3.05) is 18.7 Å². The number of hydrogen-bond donors (Lipinski definition) is 1. The number of ether oxygens (including phenoxy) is 2. The van der Waals surface area contributed by atoms with Gasteiger partial charge in [0.1, 0.15) is 0 Å². The minimum Gasteiger partial charge on any atom is -0.481 e. The molecule has 0 spiro atoms. The number of hydrogen-bond acceptors (Lipinski definition) is 4. The van der Waals surface area contributed by atoms with Crippen LogP contribution in [0.1, 0.15) is 25.7 Å². The van der Waals surface area contributed by atoms with Crippen LogP contribution in [0.3, 0.4) is 0 Å². The maximum absolute atomic E-state index is 12.6. The third-order valence-electron chi connectivity index (χ3n) is 4.45. The SMILES string of the molecule is CN(C(=O)C1CCCC(C(=O)O)C1)c1ccc2c(c1)OCO2. The Kier molecular flexibility index (Phi) is 3.92. The van der Waals surface area contributed by atoms with E-state index in [0.29, 0.717) is 24.3 Å². The molecule has 6 heteroatoms. The van der Waals surface area contributed by atoms with Gasteiger partial charge in [-0.2, -0.15) is 0 Å². The molecule has 118 valence electrons. The topological polar surface area (TPSA) is 76.1 Å². The van der Waals surface area contributed by atoms with Crippen LogP contribution in [-0.2, 0) is 9.59 Å². The van der Waals surface area contributed by atoms with Crippen molar-refractivity contribution in [2.45, 2.75) is 25.7 Å². The van der Waals surface area contributed by atoms with Crippen LogP contribution in [0.2, 0.25) is 0 Å². The molecule has 1 aliphatic carbocycles. The predicted octanol–water partition coefficient (Wildman–Crippen LogP) is 2.27. The summed E-state index contributed by atoms with van der Waals surface area (Å²) in [5.41, 5.74) is 0.728. The fourth-order valence-corrected chi connectivity index (χ4v) is 3.13. The smallest absolute Gasteiger partial charge is 0.306 e. The Morgan fingerprint density at radius 1 is 1.18 bits per heavy atom. The van der Waals surface area contributed by atoms with E-state index in [1.807, 2.05) is 6.07 Å². The maximum atomic E-state index is 12.6. The van der Waals surface area contributed by atoms with Crippen molar-refractivity contribution >= 4 is 17.6 Å². The van der Waals surface area contributed by atoms with E-state index in [1.165, 1.54) is 0 Å². The number of anilines is 1. The summed E-state index contributed by atoms with van der Waals surface area (Å²) in [6.07, 6.45) is 2.61. The summed E-state index contributed by atoms with van der Waals surface area (Å²) in [4.78, 5) is 25.3. The van der Waals surface area contributed by atoms with Gasteiger partial charge in [-0.3, -0.25) is 9.59 Å². The van der Waals surface area contributed by atoms with E-state index < -0.39 is 11.9 Å². The first-order valence-corrected chi connectivity index (χ1v) is 7.46. The van der Waals surface area contributed by atoms with Crippen LogP contribution in [-0.4, -0.2) is 30.8 Å². The van der Waals surface area contributed by atoms with Crippen LogP contribution in [0.4, 0.5) is 5.69 Å². The summed E-state index contributed by atoms with van der Waals surface area (Å²) in [5.74, 6) is -0.177. The molecule has 1 amide bonds. The van der Waals surface area contributed by atoms with Crippen molar-refractivity contribution in [3.05, 3.63) is 18.2 Å². The Balaban J connectivity index is 1.72. The van der Waals surface area contributed by atoms with Crippen LogP contribution < -0.4 is 14.4 Å². The zero-order valence-electron chi connectivity index (χ0n) is 12.4. The highest BCUT2D eigenvalue weighted by Gasteiger charge is 2.33. The Morgan fingerprint density at radius 3 is 2.68 bits per heavy atom. The molecular weight excluding hydrogens is 286 g/mol. The van der Waals surface area contributed by atoms with Gasteiger partial charge >= 0.3 is 5.97 Å². The number of aliphatic carboxylic acids is 1. The minimum absolute atomic E-state index is 0.0372. The molecule has 6 nitrogen and oxygen atoms in total. The number of carbonyl (C=O) groups excluding carboxylic acids is 1. The van der Waals surface area contributed by atoms with Crippen LogP contribution in [0.25, 0.3) is 0 Å². The summed E-state index contributed by atoms with van der Waals surface area (Å²) < 4.78 is 10.6. The molecule has 1 aromatic rings. The molecule has 0 saturated heterocycles. The van der Waals surface area contributed by atoms with Crippen molar-refractivity contribution in [3.8, 4) is 11.5 Å². The normalized spacial score (nSPS) is 23.1. The fraction of sp³-hybridized carbons (Fsp3) is 0.500. The zero-order chi connectivity index (χ0) is 15.7. The lowest BCUT2D eigenvalue weighted by Gasteiger charge is -2.29. The number of benzene rings is 1.